The number of amides is 4. The molecule has 0 saturated carbocycles. The van der Waals surface area contributed by atoms with Gasteiger partial charge in [0, 0.05) is 18.2 Å². The van der Waals surface area contributed by atoms with Crippen LogP contribution in [0.1, 0.15) is 24.5 Å². The molecule has 1 aliphatic rings. The van der Waals surface area contributed by atoms with E-state index in [9.17, 15) is 14.4 Å². The predicted molar refractivity (Wildman–Crippen MR) is 78.8 cm³/mol. The number of urea groups is 1. The Morgan fingerprint density at radius 3 is 2.67 bits per heavy atom. The average molecular weight is 289 g/mol. The van der Waals surface area contributed by atoms with E-state index in [1.165, 1.54) is 0 Å². The number of benzene rings is 1. The molecule has 21 heavy (non-hydrogen) atoms. The highest BCUT2D eigenvalue weighted by atomic mass is 16.2. The third-order valence-corrected chi connectivity index (χ3v) is 3.82. The van der Waals surface area contributed by atoms with Crippen molar-refractivity contribution in [2.75, 3.05) is 5.32 Å². The molecule has 6 nitrogen and oxygen atoms in total. The van der Waals surface area contributed by atoms with Crippen molar-refractivity contribution >= 4 is 23.5 Å². The second kappa shape index (κ2) is 5.95. The zero-order valence-electron chi connectivity index (χ0n) is 12.3. The van der Waals surface area contributed by atoms with Crippen molar-refractivity contribution in [3.05, 3.63) is 29.3 Å². The van der Waals surface area contributed by atoms with Crippen molar-refractivity contribution in [3.8, 4) is 0 Å². The molecular formula is C15H19N3O3. The lowest BCUT2D eigenvalue weighted by Crippen LogP contribution is -2.57. The maximum absolute atomic E-state index is 12.1. The summed E-state index contributed by atoms with van der Waals surface area (Å²) in [4.78, 5) is 35.0. The smallest absolute Gasteiger partial charge is 0.321 e. The van der Waals surface area contributed by atoms with Gasteiger partial charge in [-0.15, -0.1) is 0 Å². The average Bonchev–Trinajstić information content (AvgIpc) is 2.39. The van der Waals surface area contributed by atoms with Crippen LogP contribution in [0.4, 0.5) is 10.5 Å². The molecule has 1 aliphatic heterocycles. The topological polar surface area (TPSA) is 87.3 Å². The number of nitrogens with one attached hydrogen (secondary N) is 3. The fourth-order valence-electron chi connectivity index (χ4n) is 2.33. The normalized spacial score (nSPS) is 21.5. The summed E-state index contributed by atoms with van der Waals surface area (Å²) >= 11 is 0. The Bertz CT molecular complexity index is 598. The van der Waals surface area contributed by atoms with Crippen LogP contribution in [0.15, 0.2) is 18.2 Å². The van der Waals surface area contributed by atoms with Gasteiger partial charge in [0.2, 0.25) is 11.8 Å². The van der Waals surface area contributed by atoms with E-state index in [4.69, 9.17) is 0 Å². The Balaban J connectivity index is 2.03. The number of hydrogen-bond donors (Lipinski definition) is 3. The summed E-state index contributed by atoms with van der Waals surface area (Å²) in [6, 6.07) is 4.78. The number of aryl methyl sites for hydroxylation is 1. The second-order valence-electron chi connectivity index (χ2n) is 5.36. The van der Waals surface area contributed by atoms with E-state index in [-0.39, 0.29) is 18.4 Å². The second-order valence-corrected chi connectivity index (χ2v) is 5.36. The molecule has 112 valence electrons. The monoisotopic (exact) mass is 289 g/mol. The highest BCUT2D eigenvalue weighted by Crippen LogP contribution is 2.20. The summed E-state index contributed by atoms with van der Waals surface area (Å²) in [5, 5.41) is 7.60. The first-order valence-electron chi connectivity index (χ1n) is 6.86. The van der Waals surface area contributed by atoms with Crippen LogP contribution in [0.5, 0.6) is 0 Å². The number of carbonyl (C=O) groups excluding carboxylic acids is 3. The van der Waals surface area contributed by atoms with Gasteiger partial charge in [0.05, 0.1) is 5.92 Å². The first-order valence-corrected chi connectivity index (χ1v) is 6.86. The maximum atomic E-state index is 12.1. The lowest BCUT2D eigenvalue weighted by Gasteiger charge is -2.28. The molecule has 2 rings (SSSR count). The van der Waals surface area contributed by atoms with Crippen LogP contribution in [0, 0.1) is 19.8 Å². The van der Waals surface area contributed by atoms with E-state index in [1.807, 2.05) is 32.0 Å². The number of imide groups is 1. The van der Waals surface area contributed by atoms with E-state index in [2.05, 4.69) is 16.0 Å². The Kier molecular flexibility index (Phi) is 4.26. The Morgan fingerprint density at radius 1 is 1.29 bits per heavy atom. The molecule has 0 radical (unpaired) electrons. The number of rotatable bonds is 3. The zero-order chi connectivity index (χ0) is 15.6. The summed E-state index contributed by atoms with van der Waals surface area (Å²) in [6.45, 7) is 5.62. The lowest BCUT2D eigenvalue weighted by molar-refractivity contribution is -0.129. The third-order valence-electron chi connectivity index (χ3n) is 3.82. The third kappa shape index (κ3) is 3.39. The quantitative estimate of drug-likeness (QED) is 0.787. The van der Waals surface area contributed by atoms with Crippen molar-refractivity contribution < 1.29 is 14.4 Å². The van der Waals surface area contributed by atoms with Gasteiger partial charge in [0.15, 0.2) is 0 Å². The minimum atomic E-state index is -0.562. The van der Waals surface area contributed by atoms with Gasteiger partial charge >= 0.3 is 6.03 Å². The van der Waals surface area contributed by atoms with E-state index in [0.29, 0.717) is 0 Å². The minimum absolute atomic E-state index is 0.0284. The van der Waals surface area contributed by atoms with Gasteiger partial charge in [-0.05, 0) is 38.0 Å². The first-order chi connectivity index (χ1) is 9.88. The van der Waals surface area contributed by atoms with Crippen LogP contribution < -0.4 is 16.0 Å². The molecule has 3 N–H and O–H groups in total. The van der Waals surface area contributed by atoms with Crippen molar-refractivity contribution in [1.29, 1.82) is 0 Å². The largest absolute Gasteiger partial charge is 0.335 e. The minimum Gasteiger partial charge on any atom is -0.335 e. The van der Waals surface area contributed by atoms with Gasteiger partial charge in [0.25, 0.3) is 0 Å². The van der Waals surface area contributed by atoms with E-state index >= 15 is 0 Å². The summed E-state index contributed by atoms with van der Waals surface area (Å²) in [5.41, 5.74) is 2.83. The fraction of sp³-hybridized carbons (Fsp3) is 0.400. The van der Waals surface area contributed by atoms with Crippen LogP contribution in [-0.4, -0.2) is 23.9 Å². The molecule has 1 heterocycles. The highest BCUT2D eigenvalue weighted by Gasteiger charge is 2.34. The van der Waals surface area contributed by atoms with Crippen LogP contribution >= 0.6 is 0 Å². The van der Waals surface area contributed by atoms with Crippen molar-refractivity contribution in [1.82, 2.24) is 10.6 Å². The van der Waals surface area contributed by atoms with Gasteiger partial charge in [-0.2, -0.15) is 0 Å². The lowest BCUT2D eigenvalue weighted by atomic mass is 9.94. The molecule has 2 atom stereocenters. The van der Waals surface area contributed by atoms with Gasteiger partial charge in [0.1, 0.15) is 0 Å². The van der Waals surface area contributed by atoms with Crippen LogP contribution in [0.3, 0.4) is 0 Å². The molecule has 2 unspecified atom stereocenters. The fourth-order valence-corrected chi connectivity index (χ4v) is 2.33. The Morgan fingerprint density at radius 2 is 2.00 bits per heavy atom. The van der Waals surface area contributed by atoms with E-state index in [1.54, 1.807) is 6.92 Å². The first kappa shape index (κ1) is 15.0. The van der Waals surface area contributed by atoms with Gasteiger partial charge in [-0.25, -0.2) is 4.79 Å². The van der Waals surface area contributed by atoms with Gasteiger partial charge < -0.3 is 10.6 Å². The summed E-state index contributed by atoms with van der Waals surface area (Å²) in [7, 11) is 0. The molecule has 1 aromatic carbocycles. The highest BCUT2D eigenvalue weighted by molar-refractivity contribution is 6.01. The SMILES string of the molecule is Cc1cccc(NC(=O)CC2C(=O)NC(=O)NC2C)c1C. The molecule has 0 aromatic heterocycles. The van der Waals surface area contributed by atoms with Crippen molar-refractivity contribution in [2.24, 2.45) is 5.92 Å². The summed E-state index contributed by atoms with van der Waals surface area (Å²) < 4.78 is 0. The van der Waals surface area contributed by atoms with Crippen molar-refractivity contribution in [2.45, 2.75) is 33.2 Å². The summed E-state index contributed by atoms with van der Waals surface area (Å²) in [5.74, 6) is -1.22. The standard InChI is InChI=1S/C15H19N3O3/c1-8-5-4-6-12(9(8)2)17-13(19)7-11-10(3)16-15(21)18-14(11)20/h4-6,10-11H,7H2,1-3H3,(H,17,19)(H2,16,18,20,21). The van der Waals surface area contributed by atoms with Crippen molar-refractivity contribution in [3.63, 3.8) is 0 Å². The van der Waals surface area contributed by atoms with Crippen LogP contribution in [-0.2, 0) is 9.59 Å². The predicted octanol–water partition coefficient (Wildman–Crippen LogP) is 1.48. The number of anilines is 1. The molecule has 0 bridgehead atoms. The number of hydrogen-bond acceptors (Lipinski definition) is 3. The van der Waals surface area contributed by atoms with E-state index in [0.717, 1.165) is 16.8 Å². The van der Waals surface area contributed by atoms with Gasteiger partial charge in [-0.1, -0.05) is 12.1 Å². The molecule has 1 aromatic rings. The van der Waals surface area contributed by atoms with E-state index < -0.39 is 17.9 Å². The van der Waals surface area contributed by atoms with Crippen LogP contribution in [0.25, 0.3) is 0 Å². The summed E-state index contributed by atoms with van der Waals surface area (Å²) in [6.07, 6.45) is 0.0284. The molecule has 0 aliphatic carbocycles. The van der Waals surface area contributed by atoms with Crippen LogP contribution in [0.2, 0.25) is 0 Å². The molecule has 6 heteroatoms. The maximum Gasteiger partial charge on any atom is 0.321 e. The Labute approximate surface area is 123 Å². The zero-order valence-corrected chi connectivity index (χ0v) is 12.3. The Hall–Kier alpha value is -2.37. The number of carbonyl (C=O) groups is 3. The molecule has 0 spiro atoms. The molecule has 4 amide bonds. The molecule has 1 saturated heterocycles. The molecule has 1 fully saturated rings. The van der Waals surface area contributed by atoms with Gasteiger partial charge in [-0.3, -0.25) is 14.9 Å². The molecular weight excluding hydrogens is 270 g/mol.